The van der Waals surface area contributed by atoms with Crippen LogP contribution in [-0.4, -0.2) is 31.2 Å². The van der Waals surface area contributed by atoms with Gasteiger partial charge in [-0.2, -0.15) is 0 Å². The first-order valence-corrected chi connectivity index (χ1v) is 22.9. The second kappa shape index (κ2) is 14.0. The zero-order valence-corrected chi connectivity index (χ0v) is 34.4. The van der Waals surface area contributed by atoms with Crippen LogP contribution >= 0.6 is 0 Å². The Morgan fingerprint density at radius 3 is 1.74 bits per heavy atom. The second-order valence-electron chi connectivity index (χ2n) is 16.2. The fourth-order valence-electron chi connectivity index (χ4n) is 10.3. The number of hydrogen-bond acceptors (Lipinski definition) is 2. The average Bonchev–Trinajstić information content (AvgIpc) is 4.15. The van der Waals surface area contributed by atoms with Crippen LogP contribution in [0.15, 0.2) is 225 Å². The molecule has 11 aromatic rings. The van der Waals surface area contributed by atoms with E-state index in [-0.39, 0.29) is 0 Å². The molecule has 292 valence electrons. The molecule has 0 atom stereocenters. The standard InChI is InChI=1S/C54H41N5OSi/c1-3-20-41(21-4-1)61(42-22-5-2-6-23-42,43-24-17-19-40(37-43)58-48-29-10-11-30-49(48)59-47-28-9-8-27-46(47)55-53(58)59)51-32-18-26-45-52(51)60-50-31-12-7-25-44(50)54(45,38-56-33-13-14-34-56)39-57-35-15-16-36-57/h1-37H,38-39H2. The lowest BCUT2D eigenvalue weighted by Gasteiger charge is -2.44. The van der Waals surface area contributed by atoms with Crippen LogP contribution in [0, 0.1) is 0 Å². The molecular formula is C54H41N5OSi. The van der Waals surface area contributed by atoms with Crippen LogP contribution in [0.4, 0.5) is 0 Å². The molecule has 0 saturated carbocycles. The van der Waals surface area contributed by atoms with Gasteiger partial charge in [-0.25, -0.2) is 4.98 Å². The smallest absolute Gasteiger partial charge is 0.220 e. The highest BCUT2D eigenvalue weighted by atomic mass is 28.3. The van der Waals surface area contributed by atoms with Gasteiger partial charge in [-0.05, 0) is 87.5 Å². The maximum Gasteiger partial charge on any atom is 0.220 e. The van der Waals surface area contributed by atoms with Crippen LogP contribution in [0.1, 0.15) is 11.1 Å². The SMILES string of the molecule is c1ccc([Si](c2ccccc2)(c2cccc(-n3c4ccccc4n4c5ccccc5nc34)c2)c2cccc3c2Oc2ccccc2C3(Cn2cccc2)Cn2cccc2)cc1. The Kier molecular flexibility index (Phi) is 8.11. The van der Waals surface area contributed by atoms with E-state index in [1.807, 2.05) is 0 Å². The maximum absolute atomic E-state index is 7.42. The maximum atomic E-state index is 7.42. The van der Waals surface area contributed by atoms with Crippen molar-refractivity contribution in [2.75, 3.05) is 0 Å². The number of hydrogen-bond donors (Lipinski definition) is 0. The lowest BCUT2D eigenvalue weighted by molar-refractivity contribution is 0.323. The zero-order chi connectivity index (χ0) is 40.4. The van der Waals surface area contributed by atoms with Gasteiger partial charge in [0.2, 0.25) is 5.78 Å². The van der Waals surface area contributed by atoms with Gasteiger partial charge >= 0.3 is 0 Å². The molecule has 12 rings (SSSR count). The average molecular weight is 804 g/mol. The largest absolute Gasteiger partial charge is 0.457 e. The number of ether oxygens (including phenoxy) is 1. The van der Waals surface area contributed by atoms with Gasteiger partial charge in [-0.1, -0.05) is 133 Å². The number of imidazole rings is 2. The third kappa shape index (κ3) is 5.37. The van der Waals surface area contributed by atoms with Gasteiger partial charge in [-0.15, -0.1) is 0 Å². The van der Waals surface area contributed by atoms with E-state index in [0.29, 0.717) is 0 Å². The number of benzene rings is 7. The molecule has 0 fully saturated rings. The summed E-state index contributed by atoms with van der Waals surface area (Å²) < 4.78 is 16.7. The van der Waals surface area contributed by atoms with Crippen molar-refractivity contribution in [2.45, 2.75) is 18.5 Å². The van der Waals surface area contributed by atoms with Crippen molar-refractivity contribution in [1.82, 2.24) is 23.1 Å². The van der Waals surface area contributed by atoms with Crippen LogP contribution in [0.2, 0.25) is 0 Å². The Balaban J connectivity index is 1.17. The van der Waals surface area contributed by atoms with Crippen molar-refractivity contribution in [1.29, 1.82) is 0 Å². The quantitative estimate of drug-likeness (QED) is 0.108. The molecule has 0 radical (unpaired) electrons. The molecule has 5 heterocycles. The monoisotopic (exact) mass is 803 g/mol. The van der Waals surface area contributed by atoms with Crippen molar-refractivity contribution in [3.05, 3.63) is 236 Å². The molecule has 7 aromatic carbocycles. The number of fused-ring (bicyclic) bond motifs is 7. The van der Waals surface area contributed by atoms with Gasteiger partial charge in [0, 0.05) is 54.7 Å². The number of rotatable bonds is 9. The highest BCUT2D eigenvalue weighted by Crippen LogP contribution is 2.50. The molecule has 61 heavy (non-hydrogen) atoms. The molecule has 4 aromatic heterocycles. The Bertz CT molecular complexity index is 3270. The number of nitrogens with zero attached hydrogens (tertiary/aromatic N) is 5. The van der Waals surface area contributed by atoms with Gasteiger partial charge in [0.05, 0.1) is 27.5 Å². The molecule has 7 heteroatoms. The summed E-state index contributed by atoms with van der Waals surface area (Å²) in [5.74, 6) is 2.73. The van der Waals surface area contributed by atoms with Crippen molar-refractivity contribution in [3.63, 3.8) is 0 Å². The molecule has 6 nitrogen and oxygen atoms in total. The third-order valence-corrected chi connectivity index (χ3v) is 17.6. The summed E-state index contributed by atoms with van der Waals surface area (Å²) in [4.78, 5) is 5.26. The third-order valence-electron chi connectivity index (χ3n) is 12.8. The molecule has 0 spiro atoms. The van der Waals surface area contributed by atoms with E-state index >= 15 is 0 Å². The molecule has 0 bridgehead atoms. The summed E-state index contributed by atoms with van der Waals surface area (Å²) in [6.07, 6.45) is 8.73. The molecule has 0 amide bonds. The van der Waals surface area contributed by atoms with Gasteiger partial charge in [-0.3, -0.25) is 8.97 Å². The summed E-state index contributed by atoms with van der Waals surface area (Å²) in [7, 11) is -3.21. The van der Waals surface area contributed by atoms with Gasteiger partial charge in [0.1, 0.15) is 11.5 Å². The lowest BCUT2D eigenvalue weighted by Crippen LogP contribution is -2.75. The second-order valence-corrected chi connectivity index (χ2v) is 19.9. The van der Waals surface area contributed by atoms with E-state index in [0.717, 1.165) is 58.1 Å². The van der Waals surface area contributed by atoms with Gasteiger partial charge < -0.3 is 13.9 Å². The summed E-state index contributed by atoms with van der Waals surface area (Å²) >= 11 is 0. The summed E-state index contributed by atoms with van der Waals surface area (Å²) in [6, 6.07) is 72.8. The Labute approximate surface area is 354 Å². The summed E-state index contributed by atoms with van der Waals surface area (Å²) in [5, 5.41) is 5.04. The molecule has 1 aliphatic heterocycles. The van der Waals surface area contributed by atoms with Crippen LogP contribution in [0.25, 0.3) is 33.5 Å². The molecule has 0 saturated heterocycles. The first kappa shape index (κ1) is 35.3. The highest BCUT2D eigenvalue weighted by molar-refractivity contribution is 7.20. The van der Waals surface area contributed by atoms with E-state index in [9.17, 15) is 0 Å². The lowest BCUT2D eigenvalue weighted by atomic mass is 9.72. The Morgan fingerprint density at radius 2 is 1.03 bits per heavy atom. The Morgan fingerprint density at radius 1 is 0.475 bits per heavy atom. The summed E-state index contributed by atoms with van der Waals surface area (Å²) in [5.41, 5.74) is 7.27. The van der Waals surface area contributed by atoms with Crippen LogP contribution in [0.5, 0.6) is 11.5 Å². The van der Waals surface area contributed by atoms with E-state index < -0.39 is 13.5 Å². The minimum Gasteiger partial charge on any atom is -0.457 e. The predicted octanol–water partition coefficient (Wildman–Crippen LogP) is 9.20. The minimum atomic E-state index is -3.21. The Hall–Kier alpha value is -7.61. The van der Waals surface area contributed by atoms with Crippen LogP contribution in [-0.2, 0) is 18.5 Å². The van der Waals surface area contributed by atoms with Crippen LogP contribution < -0.4 is 25.5 Å². The number of aromatic nitrogens is 5. The topological polar surface area (TPSA) is 41.3 Å². The summed E-state index contributed by atoms with van der Waals surface area (Å²) in [6.45, 7) is 1.48. The first-order chi connectivity index (χ1) is 30.2. The van der Waals surface area contributed by atoms with Crippen LogP contribution in [0.3, 0.4) is 0 Å². The zero-order valence-electron chi connectivity index (χ0n) is 33.4. The molecule has 0 N–H and O–H groups in total. The highest BCUT2D eigenvalue weighted by Gasteiger charge is 2.49. The minimum absolute atomic E-state index is 0.466. The normalized spacial score (nSPS) is 13.3. The molecule has 0 unspecified atom stereocenters. The van der Waals surface area contributed by atoms with Gasteiger partial charge in [0.25, 0.3) is 0 Å². The van der Waals surface area contributed by atoms with E-state index in [1.54, 1.807) is 0 Å². The fraction of sp³-hybridized carbons (Fsp3) is 0.0556. The van der Waals surface area contributed by atoms with E-state index in [2.05, 4.69) is 243 Å². The van der Waals surface area contributed by atoms with Crippen molar-refractivity contribution in [2.24, 2.45) is 0 Å². The molecule has 1 aliphatic rings. The molecule has 0 aliphatic carbocycles. The van der Waals surface area contributed by atoms with E-state index in [4.69, 9.17) is 9.72 Å². The van der Waals surface area contributed by atoms with Crippen molar-refractivity contribution < 1.29 is 4.74 Å². The van der Waals surface area contributed by atoms with Crippen molar-refractivity contribution >= 4 is 56.7 Å². The first-order valence-electron chi connectivity index (χ1n) is 20.9. The molecular weight excluding hydrogens is 763 g/mol. The fourth-order valence-corrected chi connectivity index (χ4v) is 15.2. The van der Waals surface area contributed by atoms with Crippen molar-refractivity contribution in [3.8, 4) is 17.2 Å². The number of para-hydroxylation sites is 6. The van der Waals surface area contributed by atoms with E-state index in [1.165, 1.54) is 31.9 Å². The predicted molar refractivity (Wildman–Crippen MR) is 249 cm³/mol. The van der Waals surface area contributed by atoms with Gasteiger partial charge in [0.15, 0.2) is 8.07 Å².